The summed E-state index contributed by atoms with van der Waals surface area (Å²) in [6, 6.07) is 8.38. The molecule has 116 valence electrons. The predicted molar refractivity (Wildman–Crippen MR) is 84.1 cm³/mol. The number of morpholine rings is 1. The SMILES string of the molecule is CNC[C@H](C)C(=O)N1C[C@@H](c2ccccc2C)OC[C@@H]1C. The average Bonchev–Trinajstić information content (AvgIpc) is 2.48. The lowest BCUT2D eigenvalue weighted by atomic mass is 10.00. The molecule has 0 spiro atoms. The smallest absolute Gasteiger partial charge is 0.227 e. The molecule has 1 heterocycles. The summed E-state index contributed by atoms with van der Waals surface area (Å²) in [6.07, 6.45) is -0.0202. The van der Waals surface area contributed by atoms with Crippen molar-refractivity contribution in [1.29, 1.82) is 0 Å². The van der Waals surface area contributed by atoms with Crippen LogP contribution < -0.4 is 5.32 Å². The van der Waals surface area contributed by atoms with Gasteiger partial charge in [0.05, 0.1) is 19.2 Å². The Morgan fingerprint density at radius 2 is 2.19 bits per heavy atom. The number of nitrogens with one attached hydrogen (secondary N) is 1. The predicted octanol–water partition coefficient (Wildman–Crippen LogP) is 2.14. The molecule has 4 nitrogen and oxygen atoms in total. The van der Waals surface area contributed by atoms with Gasteiger partial charge in [0.25, 0.3) is 0 Å². The summed E-state index contributed by atoms with van der Waals surface area (Å²) in [4.78, 5) is 14.6. The molecule has 1 amide bonds. The number of hydrogen-bond donors (Lipinski definition) is 1. The van der Waals surface area contributed by atoms with Gasteiger partial charge < -0.3 is 15.0 Å². The number of carbonyl (C=O) groups is 1. The molecular weight excluding hydrogens is 264 g/mol. The van der Waals surface area contributed by atoms with E-state index in [1.807, 2.05) is 31.0 Å². The molecule has 3 atom stereocenters. The Bertz CT molecular complexity index is 489. The van der Waals surface area contributed by atoms with Crippen molar-refractivity contribution in [3.63, 3.8) is 0 Å². The molecule has 21 heavy (non-hydrogen) atoms. The molecule has 1 aromatic carbocycles. The molecule has 1 aliphatic heterocycles. The van der Waals surface area contributed by atoms with E-state index in [9.17, 15) is 4.79 Å². The number of nitrogens with zero attached hydrogens (tertiary/aromatic N) is 1. The summed E-state index contributed by atoms with van der Waals surface area (Å²) in [5.74, 6) is 0.201. The minimum atomic E-state index is -0.0202. The highest BCUT2D eigenvalue weighted by atomic mass is 16.5. The van der Waals surface area contributed by atoms with Gasteiger partial charge in [-0.3, -0.25) is 4.79 Å². The quantitative estimate of drug-likeness (QED) is 0.924. The second-order valence-corrected chi connectivity index (χ2v) is 5.98. The maximum Gasteiger partial charge on any atom is 0.227 e. The third kappa shape index (κ3) is 3.63. The van der Waals surface area contributed by atoms with Gasteiger partial charge in [0.2, 0.25) is 5.91 Å². The van der Waals surface area contributed by atoms with Gasteiger partial charge in [-0.05, 0) is 32.0 Å². The molecule has 1 aromatic rings. The topological polar surface area (TPSA) is 41.6 Å². The third-order valence-electron chi connectivity index (χ3n) is 4.18. The molecule has 1 saturated heterocycles. The number of ether oxygens (including phenoxy) is 1. The summed E-state index contributed by atoms with van der Waals surface area (Å²) >= 11 is 0. The van der Waals surface area contributed by atoms with E-state index in [0.29, 0.717) is 19.7 Å². The summed E-state index contributed by atoms with van der Waals surface area (Å²) in [5.41, 5.74) is 2.40. The molecule has 1 aliphatic rings. The molecule has 1 N–H and O–H groups in total. The Morgan fingerprint density at radius 3 is 2.86 bits per heavy atom. The standard InChI is InChI=1S/C17H26N2O2/c1-12-7-5-6-8-15(12)16-10-19(14(3)11-21-16)17(20)13(2)9-18-4/h5-8,13-14,16,18H,9-11H2,1-4H3/t13-,14-,16-/m0/s1. The van der Waals surface area contributed by atoms with Crippen LogP contribution in [0.2, 0.25) is 0 Å². The normalized spacial score (nSPS) is 23.9. The van der Waals surface area contributed by atoms with E-state index in [0.717, 1.165) is 0 Å². The molecular formula is C17H26N2O2. The number of amides is 1. The number of hydrogen-bond acceptors (Lipinski definition) is 3. The van der Waals surface area contributed by atoms with Crippen molar-refractivity contribution in [2.24, 2.45) is 5.92 Å². The third-order valence-corrected chi connectivity index (χ3v) is 4.18. The minimum Gasteiger partial charge on any atom is -0.370 e. The van der Waals surface area contributed by atoms with Crippen LogP contribution >= 0.6 is 0 Å². The van der Waals surface area contributed by atoms with Crippen molar-refractivity contribution in [2.75, 3.05) is 26.7 Å². The van der Waals surface area contributed by atoms with Crippen molar-refractivity contribution in [3.8, 4) is 0 Å². The van der Waals surface area contributed by atoms with E-state index < -0.39 is 0 Å². The van der Waals surface area contributed by atoms with Crippen LogP contribution in [0, 0.1) is 12.8 Å². The van der Waals surface area contributed by atoms with Crippen molar-refractivity contribution >= 4 is 5.91 Å². The van der Waals surface area contributed by atoms with Crippen molar-refractivity contribution in [1.82, 2.24) is 10.2 Å². The fourth-order valence-corrected chi connectivity index (χ4v) is 2.88. The number of carbonyl (C=O) groups excluding carboxylic acids is 1. The lowest BCUT2D eigenvalue weighted by Crippen LogP contribution is -2.51. The van der Waals surface area contributed by atoms with Crippen LogP contribution in [0.15, 0.2) is 24.3 Å². The summed E-state index contributed by atoms with van der Waals surface area (Å²) in [6.45, 7) is 8.06. The molecule has 4 heteroatoms. The Balaban J connectivity index is 2.12. The van der Waals surface area contributed by atoms with E-state index in [-0.39, 0.29) is 24.0 Å². The Morgan fingerprint density at radius 1 is 1.48 bits per heavy atom. The van der Waals surface area contributed by atoms with E-state index in [1.165, 1.54) is 11.1 Å². The molecule has 0 bridgehead atoms. The maximum atomic E-state index is 12.6. The van der Waals surface area contributed by atoms with Crippen LogP contribution in [0.4, 0.5) is 0 Å². The summed E-state index contributed by atoms with van der Waals surface area (Å²) < 4.78 is 5.97. The second-order valence-electron chi connectivity index (χ2n) is 5.98. The first-order valence-corrected chi connectivity index (χ1v) is 7.66. The first-order chi connectivity index (χ1) is 10.0. The first-order valence-electron chi connectivity index (χ1n) is 7.66. The Labute approximate surface area is 127 Å². The molecule has 0 saturated carbocycles. The molecule has 0 unspecified atom stereocenters. The van der Waals surface area contributed by atoms with Gasteiger partial charge >= 0.3 is 0 Å². The van der Waals surface area contributed by atoms with Crippen molar-refractivity contribution in [2.45, 2.75) is 32.9 Å². The average molecular weight is 290 g/mol. The van der Waals surface area contributed by atoms with Gasteiger partial charge in [0.1, 0.15) is 6.10 Å². The van der Waals surface area contributed by atoms with Crippen LogP contribution in [0.5, 0.6) is 0 Å². The minimum absolute atomic E-state index is 0.00642. The summed E-state index contributed by atoms with van der Waals surface area (Å²) in [5, 5.41) is 3.08. The van der Waals surface area contributed by atoms with Crippen LogP contribution in [0.25, 0.3) is 0 Å². The van der Waals surface area contributed by atoms with Crippen LogP contribution in [0.3, 0.4) is 0 Å². The molecule has 0 aromatic heterocycles. The number of benzene rings is 1. The highest BCUT2D eigenvalue weighted by molar-refractivity contribution is 5.79. The zero-order valence-electron chi connectivity index (χ0n) is 13.4. The van der Waals surface area contributed by atoms with Gasteiger partial charge in [-0.15, -0.1) is 0 Å². The van der Waals surface area contributed by atoms with Crippen LogP contribution in [-0.2, 0) is 9.53 Å². The Hall–Kier alpha value is -1.39. The van der Waals surface area contributed by atoms with Gasteiger partial charge in [-0.25, -0.2) is 0 Å². The van der Waals surface area contributed by atoms with Gasteiger partial charge in [0, 0.05) is 12.5 Å². The molecule has 1 fully saturated rings. The van der Waals surface area contributed by atoms with E-state index in [1.54, 1.807) is 0 Å². The lowest BCUT2D eigenvalue weighted by molar-refractivity contribution is -0.148. The largest absolute Gasteiger partial charge is 0.370 e. The zero-order valence-corrected chi connectivity index (χ0v) is 13.4. The highest BCUT2D eigenvalue weighted by Crippen LogP contribution is 2.27. The van der Waals surface area contributed by atoms with Gasteiger partial charge in [0.15, 0.2) is 0 Å². The number of rotatable bonds is 4. The maximum absolute atomic E-state index is 12.6. The van der Waals surface area contributed by atoms with E-state index in [4.69, 9.17) is 4.74 Å². The fourth-order valence-electron chi connectivity index (χ4n) is 2.88. The molecule has 0 radical (unpaired) electrons. The fraction of sp³-hybridized carbons (Fsp3) is 0.588. The van der Waals surface area contributed by atoms with E-state index >= 15 is 0 Å². The summed E-state index contributed by atoms with van der Waals surface area (Å²) in [7, 11) is 1.88. The van der Waals surface area contributed by atoms with Crippen LogP contribution in [-0.4, -0.2) is 43.6 Å². The van der Waals surface area contributed by atoms with Crippen LogP contribution in [0.1, 0.15) is 31.1 Å². The first kappa shape index (κ1) is 16.0. The Kier molecular flexibility index (Phi) is 5.37. The van der Waals surface area contributed by atoms with E-state index in [2.05, 4.69) is 31.3 Å². The van der Waals surface area contributed by atoms with Gasteiger partial charge in [-0.1, -0.05) is 31.2 Å². The second kappa shape index (κ2) is 7.05. The monoisotopic (exact) mass is 290 g/mol. The van der Waals surface area contributed by atoms with Crippen molar-refractivity contribution < 1.29 is 9.53 Å². The highest BCUT2D eigenvalue weighted by Gasteiger charge is 2.32. The number of aryl methyl sites for hydroxylation is 1. The molecule has 2 rings (SSSR count). The molecule has 0 aliphatic carbocycles. The zero-order chi connectivity index (χ0) is 15.4. The van der Waals surface area contributed by atoms with Crippen molar-refractivity contribution in [3.05, 3.63) is 35.4 Å². The lowest BCUT2D eigenvalue weighted by Gasteiger charge is -2.39. The van der Waals surface area contributed by atoms with Gasteiger partial charge in [-0.2, -0.15) is 0 Å².